The van der Waals surface area contributed by atoms with Gasteiger partial charge in [-0.1, -0.05) is 32.3 Å². The van der Waals surface area contributed by atoms with Crippen molar-refractivity contribution in [2.24, 2.45) is 0 Å². The van der Waals surface area contributed by atoms with Crippen molar-refractivity contribution in [2.75, 3.05) is 27.9 Å². The quantitative estimate of drug-likeness (QED) is 0.296. The van der Waals surface area contributed by atoms with Crippen LogP contribution in [-0.4, -0.2) is 33.5 Å². The molecule has 1 unspecified atom stereocenters. The number of benzene rings is 2. The second-order valence-corrected chi connectivity index (χ2v) is 7.99. The molecule has 2 aromatic carbocycles. The van der Waals surface area contributed by atoms with E-state index in [9.17, 15) is 4.79 Å². The van der Waals surface area contributed by atoms with Gasteiger partial charge in [0.2, 0.25) is 0 Å². The first-order valence-corrected chi connectivity index (χ1v) is 10.9. The van der Waals surface area contributed by atoms with Gasteiger partial charge in [0.05, 0.1) is 27.9 Å². The van der Waals surface area contributed by atoms with Crippen molar-refractivity contribution in [2.45, 2.75) is 39.5 Å². The first kappa shape index (κ1) is 26.4. The van der Waals surface area contributed by atoms with Gasteiger partial charge in [-0.05, 0) is 44.9 Å². The zero-order chi connectivity index (χ0) is 21.2. The van der Waals surface area contributed by atoms with E-state index in [0.29, 0.717) is 22.8 Å². The Kier molecular flexibility index (Phi) is 12.0. The molecule has 0 saturated carbocycles. The van der Waals surface area contributed by atoms with Gasteiger partial charge in [0.15, 0.2) is 5.52 Å². The molecular formula is C23H32LiO5P. The van der Waals surface area contributed by atoms with Crippen molar-refractivity contribution in [1.29, 1.82) is 0 Å². The Balaban J connectivity index is 0.00000450. The molecule has 0 N–H and O–H groups in total. The molecule has 160 valence electrons. The minimum absolute atomic E-state index is 0. The number of carbonyl (C=O) groups excluding carboxylic acids is 1. The molecule has 0 aliphatic heterocycles. The van der Waals surface area contributed by atoms with Gasteiger partial charge in [0.25, 0.3) is 0 Å². The number of hydrogen-bond acceptors (Lipinski definition) is 5. The molecule has 5 nitrogen and oxygen atoms in total. The van der Waals surface area contributed by atoms with E-state index in [1.54, 1.807) is 19.2 Å². The van der Waals surface area contributed by atoms with E-state index >= 15 is 0 Å². The van der Waals surface area contributed by atoms with Crippen LogP contribution in [0.5, 0.6) is 23.0 Å². The third-order valence-electron chi connectivity index (χ3n) is 4.65. The molecule has 0 amide bonds. The van der Waals surface area contributed by atoms with Crippen molar-refractivity contribution in [3.63, 3.8) is 0 Å². The van der Waals surface area contributed by atoms with Gasteiger partial charge in [-0.15, -0.1) is 0 Å². The maximum absolute atomic E-state index is 13.1. The Hall–Kier alpha value is -1.66. The Morgan fingerprint density at radius 3 is 2.13 bits per heavy atom. The second kappa shape index (κ2) is 13.6. The molecule has 7 heteroatoms. The van der Waals surface area contributed by atoms with E-state index in [2.05, 4.69) is 6.92 Å². The summed E-state index contributed by atoms with van der Waals surface area (Å²) >= 11 is 0. The molecule has 1 atom stereocenters. The number of aryl methyl sites for hydroxylation is 1. The average Bonchev–Trinajstić information content (AvgIpc) is 2.74. The fourth-order valence-corrected chi connectivity index (χ4v) is 4.05. The second-order valence-electron chi connectivity index (χ2n) is 6.75. The zero-order valence-corrected chi connectivity index (χ0v) is 20.0. The van der Waals surface area contributed by atoms with Crippen molar-refractivity contribution >= 4 is 19.4 Å². The van der Waals surface area contributed by atoms with Crippen LogP contribution in [0.15, 0.2) is 30.3 Å². The van der Waals surface area contributed by atoms with Crippen LogP contribution in [0.1, 0.15) is 50.0 Å². The maximum Gasteiger partial charge on any atom is 1.00 e. The molecule has 0 radical (unpaired) electrons. The van der Waals surface area contributed by atoms with Gasteiger partial charge < -0.3 is 20.4 Å². The molecule has 30 heavy (non-hydrogen) atoms. The normalized spacial score (nSPS) is 10.6. The summed E-state index contributed by atoms with van der Waals surface area (Å²) in [5.41, 5.74) is 1.43. The summed E-state index contributed by atoms with van der Waals surface area (Å²) < 4.78 is 21.9. The molecule has 0 spiro atoms. The predicted octanol–water partition coefficient (Wildman–Crippen LogP) is 2.24. The standard InChI is InChI=1S/C23H31O5P.Li.H/c1-6-7-8-9-12-28-17-10-11-21(16(2)13-17)29-23(24)22-19(26-4)14-18(25-3)15-20(22)27-5;;/h10-11,13-15,29H,6-9,12H2,1-5H3;;/q;+1;-1. The number of carbonyl (C=O) groups is 1. The van der Waals surface area contributed by atoms with E-state index in [-0.39, 0.29) is 34.4 Å². The van der Waals surface area contributed by atoms with E-state index in [1.165, 1.54) is 33.5 Å². The van der Waals surface area contributed by atoms with Gasteiger partial charge in [0.1, 0.15) is 28.6 Å². The minimum atomic E-state index is -0.0459. The summed E-state index contributed by atoms with van der Waals surface area (Å²) in [6, 6.07) is 9.30. The number of ether oxygens (including phenoxy) is 4. The molecule has 0 heterocycles. The third kappa shape index (κ3) is 7.24. The van der Waals surface area contributed by atoms with Gasteiger partial charge in [-0.2, -0.15) is 0 Å². The first-order valence-electron chi connectivity index (χ1n) is 9.88. The maximum atomic E-state index is 13.1. The van der Waals surface area contributed by atoms with Crippen molar-refractivity contribution in [3.05, 3.63) is 41.5 Å². The smallest absolute Gasteiger partial charge is 1.00 e. The number of unbranched alkanes of at least 4 members (excludes halogenated alkanes) is 3. The van der Waals surface area contributed by atoms with E-state index in [1.807, 2.05) is 25.1 Å². The van der Waals surface area contributed by atoms with Crippen LogP contribution >= 0.6 is 8.58 Å². The summed E-state index contributed by atoms with van der Waals surface area (Å²) in [5.74, 6) is 2.32. The summed E-state index contributed by atoms with van der Waals surface area (Å²) in [6.07, 6.45) is 4.70. The van der Waals surface area contributed by atoms with E-state index in [0.717, 1.165) is 29.6 Å². The molecule has 2 rings (SSSR count). The van der Waals surface area contributed by atoms with Crippen LogP contribution in [0.4, 0.5) is 0 Å². The molecule has 2 aromatic rings. The molecule has 0 fully saturated rings. The fourth-order valence-electron chi connectivity index (χ4n) is 3.00. The van der Waals surface area contributed by atoms with E-state index in [4.69, 9.17) is 18.9 Å². The van der Waals surface area contributed by atoms with Crippen molar-refractivity contribution < 1.29 is 44.0 Å². The molecule has 0 saturated heterocycles. The van der Waals surface area contributed by atoms with Crippen LogP contribution < -0.4 is 43.1 Å². The van der Waals surface area contributed by atoms with Crippen LogP contribution in [-0.2, 0) is 0 Å². The predicted molar refractivity (Wildman–Crippen MR) is 120 cm³/mol. The minimum Gasteiger partial charge on any atom is -1.00 e. The molecule has 0 aliphatic carbocycles. The van der Waals surface area contributed by atoms with Crippen LogP contribution in [0.25, 0.3) is 0 Å². The fraction of sp³-hybridized carbons (Fsp3) is 0.435. The molecular weight excluding hydrogens is 394 g/mol. The first-order chi connectivity index (χ1) is 14.0. The largest absolute Gasteiger partial charge is 1.00 e. The monoisotopic (exact) mass is 426 g/mol. The number of hydrogen-bond donors (Lipinski definition) is 0. The van der Waals surface area contributed by atoms with Gasteiger partial charge in [-0.25, -0.2) is 0 Å². The SMILES string of the molecule is CCCCCCOc1ccc(PC(=O)c2c(OC)cc(OC)cc2OC)c(C)c1.[H-].[Li+]. The molecule has 0 bridgehead atoms. The average molecular weight is 426 g/mol. The molecule has 0 aromatic heterocycles. The Morgan fingerprint density at radius 1 is 0.933 bits per heavy atom. The van der Waals surface area contributed by atoms with Crippen LogP contribution in [0.2, 0.25) is 0 Å². The Bertz CT molecular complexity index is 807. The summed E-state index contributed by atoms with van der Waals surface area (Å²) in [7, 11) is 4.59. The van der Waals surface area contributed by atoms with Gasteiger partial charge in [-0.3, -0.25) is 4.79 Å². The Morgan fingerprint density at radius 2 is 1.60 bits per heavy atom. The van der Waals surface area contributed by atoms with Crippen molar-refractivity contribution in [3.8, 4) is 23.0 Å². The summed E-state index contributed by atoms with van der Waals surface area (Å²) in [5, 5.41) is 0.980. The summed E-state index contributed by atoms with van der Waals surface area (Å²) in [4.78, 5) is 13.1. The van der Waals surface area contributed by atoms with Crippen molar-refractivity contribution in [1.82, 2.24) is 0 Å². The van der Waals surface area contributed by atoms with Crippen LogP contribution in [0, 0.1) is 6.92 Å². The Labute approximate surface area is 195 Å². The number of methoxy groups -OCH3 is 3. The topological polar surface area (TPSA) is 54.0 Å². The summed E-state index contributed by atoms with van der Waals surface area (Å²) in [6.45, 7) is 4.92. The zero-order valence-electron chi connectivity index (χ0n) is 20.0. The molecule has 0 aliphatic rings. The van der Waals surface area contributed by atoms with Gasteiger partial charge >= 0.3 is 18.9 Å². The van der Waals surface area contributed by atoms with E-state index < -0.39 is 0 Å². The number of rotatable bonds is 12. The third-order valence-corrected chi connectivity index (χ3v) is 5.96. The van der Waals surface area contributed by atoms with Crippen LogP contribution in [0.3, 0.4) is 0 Å². The van der Waals surface area contributed by atoms with Gasteiger partial charge in [0, 0.05) is 12.1 Å².